The molecule has 4 aromatic carbocycles. The number of ether oxygens (including phenoxy) is 3. The molecule has 2 aromatic heterocycles. The summed E-state index contributed by atoms with van der Waals surface area (Å²) in [6.45, 7) is 8.42. The van der Waals surface area contributed by atoms with Gasteiger partial charge in [0.1, 0.15) is 30.0 Å². The van der Waals surface area contributed by atoms with Gasteiger partial charge >= 0.3 is 6.09 Å². The van der Waals surface area contributed by atoms with Gasteiger partial charge in [-0.25, -0.2) is 14.8 Å². The molecule has 60 heavy (non-hydrogen) atoms. The fourth-order valence-electron chi connectivity index (χ4n) is 9.21. The summed E-state index contributed by atoms with van der Waals surface area (Å²) in [5.74, 6) is 2.67. The van der Waals surface area contributed by atoms with Crippen LogP contribution < -0.4 is 10.1 Å². The Labute approximate surface area is 348 Å². The van der Waals surface area contributed by atoms with Crippen LogP contribution in [0.2, 0.25) is 0 Å². The monoisotopic (exact) mass is 809 g/mol. The number of rotatable bonds is 10. The minimum Gasteiger partial charge on any atom is -0.488 e. The van der Waals surface area contributed by atoms with Crippen LogP contribution in [0.3, 0.4) is 0 Å². The quantitative estimate of drug-likeness (QED) is 0.125. The largest absolute Gasteiger partial charge is 0.488 e. The lowest BCUT2D eigenvalue weighted by Gasteiger charge is -2.28. The number of aromatic amines is 2. The Morgan fingerprint density at radius 1 is 0.917 bits per heavy atom. The van der Waals surface area contributed by atoms with E-state index in [0.717, 1.165) is 80.6 Å². The summed E-state index contributed by atoms with van der Waals surface area (Å²) >= 11 is 0. The first-order valence-electron chi connectivity index (χ1n) is 20.9. The van der Waals surface area contributed by atoms with E-state index in [9.17, 15) is 14.4 Å². The van der Waals surface area contributed by atoms with Crippen molar-refractivity contribution >= 4 is 39.7 Å². The van der Waals surface area contributed by atoms with Gasteiger partial charge in [0.15, 0.2) is 0 Å². The molecule has 13 nitrogen and oxygen atoms in total. The van der Waals surface area contributed by atoms with Crippen LogP contribution in [0.25, 0.3) is 44.2 Å². The molecule has 5 atom stereocenters. The predicted octanol–water partition coefficient (Wildman–Crippen LogP) is 8.25. The van der Waals surface area contributed by atoms with Crippen LogP contribution >= 0.6 is 0 Å². The Balaban J connectivity index is 0.976. The number of benzene rings is 4. The number of H-pyrrole nitrogens is 2. The molecule has 0 spiro atoms. The van der Waals surface area contributed by atoms with E-state index in [1.165, 1.54) is 7.11 Å². The van der Waals surface area contributed by atoms with E-state index in [2.05, 4.69) is 65.5 Å². The van der Waals surface area contributed by atoms with E-state index in [0.29, 0.717) is 37.7 Å². The Morgan fingerprint density at radius 2 is 1.75 bits per heavy atom. The number of fused-ring (bicyclic) bond motifs is 6. The van der Waals surface area contributed by atoms with Gasteiger partial charge in [0.25, 0.3) is 5.91 Å². The smallest absolute Gasteiger partial charge is 0.407 e. The molecule has 3 N–H and O–H groups in total. The summed E-state index contributed by atoms with van der Waals surface area (Å²) in [5.41, 5.74) is 7.46. The average Bonchev–Trinajstić information content (AvgIpc) is 4.10. The van der Waals surface area contributed by atoms with Crippen LogP contribution in [0.5, 0.6) is 5.75 Å². The van der Waals surface area contributed by atoms with Crippen LogP contribution in [0.1, 0.15) is 80.9 Å². The van der Waals surface area contributed by atoms with Crippen LogP contribution in [0, 0.1) is 17.8 Å². The maximum Gasteiger partial charge on any atom is 0.407 e. The van der Waals surface area contributed by atoms with Crippen molar-refractivity contribution in [2.45, 2.75) is 64.8 Å². The summed E-state index contributed by atoms with van der Waals surface area (Å²) in [6, 6.07) is 22.7. The number of likely N-dealkylation sites (tertiary alicyclic amines) is 2. The molecule has 0 radical (unpaired) electrons. The van der Waals surface area contributed by atoms with Crippen LogP contribution in [0.4, 0.5) is 4.79 Å². The van der Waals surface area contributed by atoms with Gasteiger partial charge in [0, 0.05) is 43.0 Å². The van der Waals surface area contributed by atoms with Gasteiger partial charge in [-0.2, -0.15) is 0 Å². The third-order valence-electron chi connectivity index (χ3n) is 12.7. The molecule has 2 saturated heterocycles. The highest BCUT2D eigenvalue weighted by Crippen LogP contribution is 2.44. The molecule has 5 heterocycles. The lowest BCUT2D eigenvalue weighted by Crippen LogP contribution is -2.42. The molecule has 13 heteroatoms. The first-order chi connectivity index (χ1) is 29.1. The second kappa shape index (κ2) is 16.1. The molecule has 3 amide bonds. The number of methoxy groups -OCH3 is 2. The van der Waals surface area contributed by atoms with Crippen molar-refractivity contribution in [1.82, 2.24) is 35.1 Å². The van der Waals surface area contributed by atoms with Gasteiger partial charge in [0.05, 0.1) is 48.7 Å². The number of carbonyl (C=O) groups excluding carboxylic acids is 3. The second-order valence-electron chi connectivity index (χ2n) is 16.8. The maximum absolute atomic E-state index is 14.1. The lowest BCUT2D eigenvalue weighted by atomic mass is 9.92. The van der Waals surface area contributed by atoms with Gasteiger partial charge in [-0.05, 0) is 77.1 Å². The normalized spacial score (nSPS) is 19.6. The highest BCUT2D eigenvalue weighted by atomic mass is 16.5. The molecule has 6 aromatic rings. The van der Waals surface area contributed by atoms with E-state index in [1.807, 2.05) is 59.3 Å². The van der Waals surface area contributed by atoms with Gasteiger partial charge in [-0.1, -0.05) is 69.3 Å². The van der Waals surface area contributed by atoms with E-state index < -0.39 is 12.1 Å². The first-order valence-corrected chi connectivity index (χ1v) is 20.9. The number of amides is 3. The topological polar surface area (TPSA) is 155 Å². The van der Waals surface area contributed by atoms with E-state index in [1.54, 1.807) is 7.11 Å². The molecule has 3 aliphatic heterocycles. The van der Waals surface area contributed by atoms with Crippen LogP contribution in [-0.4, -0.2) is 81.6 Å². The highest BCUT2D eigenvalue weighted by molar-refractivity contribution is 6.07. The van der Waals surface area contributed by atoms with Gasteiger partial charge in [-0.3, -0.25) is 9.59 Å². The second-order valence-corrected chi connectivity index (χ2v) is 16.8. The van der Waals surface area contributed by atoms with E-state index in [-0.39, 0.29) is 41.7 Å². The maximum atomic E-state index is 14.1. The Kier molecular flexibility index (Phi) is 10.5. The fraction of sp³-hybridized carbons (Fsp3) is 0.383. The van der Waals surface area contributed by atoms with Crippen molar-refractivity contribution in [1.29, 1.82) is 0 Å². The molecule has 0 saturated carbocycles. The Morgan fingerprint density at radius 3 is 2.53 bits per heavy atom. The molecule has 2 fully saturated rings. The number of nitrogens with zero attached hydrogens (tertiary/aromatic N) is 4. The van der Waals surface area contributed by atoms with Crippen molar-refractivity contribution in [2.24, 2.45) is 17.8 Å². The summed E-state index contributed by atoms with van der Waals surface area (Å²) in [4.78, 5) is 60.8. The molecule has 310 valence electrons. The zero-order chi connectivity index (χ0) is 41.7. The molecular weight excluding hydrogens is 759 g/mol. The van der Waals surface area contributed by atoms with Crippen molar-refractivity contribution < 1.29 is 28.6 Å². The van der Waals surface area contributed by atoms with Crippen LogP contribution in [0.15, 0.2) is 79.0 Å². The number of hydrogen-bond donors (Lipinski definition) is 3. The molecule has 0 unspecified atom stereocenters. The number of nitrogens with one attached hydrogen (secondary N) is 3. The summed E-state index contributed by atoms with van der Waals surface area (Å²) in [6.07, 6.45) is 3.55. The molecule has 0 bridgehead atoms. The Hall–Kier alpha value is -6.21. The number of imidazole rings is 2. The van der Waals surface area contributed by atoms with Crippen LogP contribution in [-0.2, 0) is 25.7 Å². The predicted molar refractivity (Wildman–Crippen MR) is 228 cm³/mol. The SMILES string of the molecule is COC[C@H]1C[C@@H](c2ncc(-c3ccc4c(c3)COc3cc5c(ccc6nc([C@@H]7CCCN7C(=O)[C@H](NC(=O)OC)c7ccccc7)[nH]c65)cc3-4)[nH]2)N(C(=O)[C@@H](C)C(C)C)C1. The fourth-order valence-corrected chi connectivity index (χ4v) is 9.21. The minimum absolute atomic E-state index is 0.0789. The van der Waals surface area contributed by atoms with Crippen molar-refractivity contribution in [3.05, 3.63) is 102 Å². The summed E-state index contributed by atoms with van der Waals surface area (Å²) in [7, 11) is 3.00. The molecular formula is C47H51N7O6. The summed E-state index contributed by atoms with van der Waals surface area (Å²) < 4.78 is 16.8. The molecule has 9 rings (SSSR count). The van der Waals surface area contributed by atoms with Crippen molar-refractivity contribution in [2.75, 3.05) is 33.9 Å². The van der Waals surface area contributed by atoms with Crippen molar-refractivity contribution in [3.8, 4) is 28.1 Å². The number of hydrogen-bond acceptors (Lipinski definition) is 8. The lowest BCUT2D eigenvalue weighted by molar-refractivity contribution is -0.137. The third-order valence-corrected chi connectivity index (χ3v) is 12.7. The van der Waals surface area contributed by atoms with Gasteiger partial charge in [0.2, 0.25) is 5.91 Å². The minimum atomic E-state index is -0.892. The number of alkyl carbamates (subject to hydrolysis) is 1. The zero-order valence-electron chi connectivity index (χ0n) is 34.7. The molecule has 3 aliphatic rings. The third kappa shape index (κ3) is 7.14. The van der Waals surface area contributed by atoms with Crippen molar-refractivity contribution in [3.63, 3.8) is 0 Å². The zero-order valence-corrected chi connectivity index (χ0v) is 34.7. The number of carbonyl (C=O) groups is 3. The highest BCUT2D eigenvalue weighted by Gasteiger charge is 2.40. The Bertz CT molecular complexity index is 2580. The first kappa shape index (κ1) is 39.3. The van der Waals surface area contributed by atoms with Gasteiger partial charge < -0.3 is 39.3 Å². The standard InChI is InChI=1S/C47H51N7O6/c1-26(2)27(3)45(55)54-23-28(24-58-4)18-39(54)43-48-22-37(50-43)31-13-15-33-32(19-31)25-60-40-21-34-30(20-35(33)40)14-16-36-42(34)51-44(49-36)38-12-9-17-53(38)46(56)41(52-47(57)59-5)29-10-7-6-8-11-29/h6-8,10-11,13-16,19-22,26-28,38-39,41H,9,12,17-18,23-25H2,1-5H3,(H,48,50)(H,49,51)(H,52,57)/t27-,28-,38-,39-,41+/m0/s1. The number of aromatic nitrogens is 4. The van der Waals surface area contributed by atoms with E-state index in [4.69, 9.17) is 24.2 Å². The van der Waals surface area contributed by atoms with Gasteiger partial charge in [-0.15, -0.1) is 0 Å². The summed E-state index contributed by atoms with van der Waals surface area (Å²) in [5, 5.41) is 4.76. The van der Waals surface area contributed by atoms with E-state index >= 15 is 0 Å². The molecule has 0 aliphatic carbocycles. The average molecular weight is 810 g/mol.